The van der Waals surface area contributed by atoms with Crippen LogP contribution in [0.25, 0.3) is 0 Å². The second-order valence-electron chi connectivity index (χ2n) is 6.91. The molecule has 0 bridgehead atoms. The van der Waals surface area contributed by atoms with E-state index in [1.54, 1.807) is 0 Å². The monoisotopic (exact) mass is 287 g/mol. The third kappa shape index (κ3) is 4.29. The predicted octanol–water partition coefficient (Wildman–Crippen LogP) is 2.37. The molecule has 0 atom stereocenters. The van der Waals surface area contributed by atoms with Gasteiger partial charge in [-0.15, -0.1) is 0 Å². The number of benzene rings is 1. The van der Waals surface area contributed by atoms with Crippen LogP contribution in [0.5, 0.6) is 0 Å². The number of piperidine rings is 1. The van der Waals surface area contributed by atoms with E-state index in [4.69, 9.17) is 5.73 Å². The second kappa shape index (κ2) is 6.91. The Kier molecular flexibility index (Phi) is 4.94. The van der Waals surface area contributed by atoms with Gasteiger partial charge in [-0.05, 0) is 37.3 Å². The van der Waals surface area contributed by atoms with Crippen LogP contribution >= 0.6 is 0 Å². The number of hydrogen-bond acceptors (Lipinski definition) is 3. The first kappa shape index (κ1) is 15.0. The van der Waals surface area contributed by atoms with Gasteiger partial charge in [0.25, 0.3) is 0 Å². The van der Waals surface area contributed by atoms with Crippen LogP contribution in [0, 0.1) is 5.92 Å². The van der Waals surface area contributed by atoms with E-state index in [0.29, 0.717) is 0 Å². The number of nitrogens with zero attached hydrogens (tertiary/aromatic N) is 1. The van der Waals surface area contributed by atoms with E-state index in [-0.39, 0.29) is 5.54 Å². The van der Waals surface area contributed by atoms with Crippen LogP contribution in [0.3, 0.4) is 0 Å². The fraction of sp³-hybridized carbons (Fsp3) is 0.667. The van der Waals surface area contributed by atoms with Gasteiger partial charge in [-0.1, -0.05) is 43.2 Å². The SMILES string of the molecule is NCC1(NCCC2CC2)CCN(Cc2ccccc2)CC1. The molecule has 1 aliphatic heterocycles. The molecule has 1 saturated carbocycles. The Morgan fingerprint density at radius 1 is 1.14 bits per heavy atom. The Hall–Kier alpha value is -0.900. The first-order valence-electron chi connectivity index (χ1n) is 8.51. The van der Waals surface area contributed by atoms with Crippen molar-refractivity contribution in [1.29, 1.82) is 0 Å². The van der Waals surface area contributed by atoms with Gasteiger partial charge in [0.15, 0.2) is 0 Å². The molecular weight excluding hydrogens is 258 g/mol. The Morgan fingerprint density at radius 2 is 1.86 bits per heavy atom. The molecule has 0 aromatic heterocycles. The molecule has 3 rings (SSSR count). The van der Waals surface area contributed by atoms with Crippen molar-refractivity contribution >= 4 is 0 Å². The lowest BCUT2D eigenvalue weighted by Crippen LogP contribution is -2.57. The Labute approximate surface area is 128 Å². The lowest BCUT2D eigenvalue weighted by molar-refractivity contribution is 0.133. The first-order valence-corrected chi connectivity index (χ1v) is 8.51. The van der Waals surface area contributed by atoms with E-state index in [1.165, 1.54) is 37.7 Å². The summed E-state index contributed by atoms with van der Waals surface area (Å²) in [6, 6.07) is 10.8. The molecule has 0 amide bonds. The summed E-state index contributed by atoms with van der Waals surface area (Å²) in [5, 5.41) is 3.79. The largest absolute Gasteiger partial charge is 0.329 e. The average molecular weight is 287 g/mol. The van der Waals surface area contributed by atoms with Crippen molar-refractivity contribution in [2.75, 3.05) is 26.2 Å². The molecule has 21 heavy (non-hydrogen) atoms. The highest BCUT2D eigenvalue weighted by atomic mass is 15.2. The maximum atomic E-state index is 6.09. The van der Waals surface area contributed by atoms with Gasteiger partial charge in [-0.2, -0.15) is 0 Å². The van der Waals surface area contributed by atoms with E-state index in [1.807, 2.05) is 0 Å². The molecule has 2 aliphatic rings. The third-order valence-electron chi connectivity index (χ3n) is 5.20. The highest BCUT2D eigenvalue weighted by molar-refractivity contribution is 5.14. The summed E-state index contributed by atoms with van der Waals surface area (Å²) < 4.78 is 0. The maximum absolute atomic E-state index is 6.09. The summed E-state index contributed by atoms with van der Waals surface area (Å²) in [4.78, 5) is 2.56. The van der Waals surface area contributed by atoms with Crippen LogP contribution < -0.4 is 11.1 Å². The molecule has 3 N–H and O–H groups in total. The zero-order valence-electron chi connectivity index (χ0n) is 13.1. The van der Waals surface area contributed by atoms with Gasteiger partial charge >= 0.3 is 0 Å². The molecule has 0 unspecified atom stereocenters. The zero-order chi connectivity index (χ0) is 14.5. The minimum Gasteiger partial charge on any atom is -0.329 e. The smallest absolute Gasteiger partial charge is 0.0328 e. The van der Waals surface area contributed by atoms with Gasteiger partial charge in [0, 0.05) is 31.7 Å². The molecule has 1 saturated heterocycles. The van der Waals surface area contributed by atoms with Gasteiger partial charge < -0.3 is 11.1 Å². The quantitative estimate of drug-likeness (QED) is 0.809. The molecule has 3 nitrogen and oxygen atoms in total. The fourth-order valence-corrected chi connectivity index (χ4v) is 3.38. The van der Waals surface area contributed by atoms with E-state index in [0.717, 1.165) is 38.6 Å². The lowest BCUT2D eigenvalue weighted by Gasteiger charge is -2.42. The van der Waals surface area contributed by atoms with E-state index >= 15 is 0 Å². The number of hydrogen-bond donors (Lipinski definition) is 2. The minimum atomic E-state index is 0.197. The van der Waals surface area contributed by atoms with Crippen LogP contribution in [-0.2, 0) is 6.54 Å². The van der Waals surface area contributed by atoms with E-state index in [9.17, 15) is 0 Å². The molecule has 1 aromatic carbocycles. The zero-order valence-corrected chi connectivity index (χ0v) is 13.1. The topological polar surface area (TPSA) is 41.3 Å². The lowest BCUT2D eigenvalue weighted by atomic mass is 9.87. The van der Waals surface area contributed by atoms with E-state index in [2.05, 4.69) is 40.5 Å². The molecule has 2 fully saturated rings. The Morgan fingerprint density at radius 3 is 2.48 bits per heavy atom. The first-order chi connectivity index (χ1) is 10.3. The highest BCUT2D eigenvalue weighted by Gasteiger charge is 2.33. The van der Waals surface area contributed by atoms with Crippen molar-refractivity contribution in [2.24, 2.45) is 11.7 Å². The summed E-state index contributed by atoms with van der Waals surface area (Å²) in [7, 11) is 0. The third-order valence-corrected chi connectivity index (χ3v) is 5.20. The number of rotatable bonds is 7. The highest BCUT2D eigenvalue weighted by Crippen LogP contribution is 2.32. The summed E-state index contributed by atoms with van der Waals surface area (Å²) >= 11 is 0. The van der Waals surface area contributed by atoms with Crippen LogP contribution in [0.1, 0.15) is 37.7 Å². The van der Waals surface area contributed by atoms with Gasteiger partial charge in [-0.25, -0.2) is 0 Å². The van der Waals surface area contributed by atoms with Gasteiger partial charge in [0.2, 0.25) is 0 Å². The normalized spacial score (nSPS) is 22.3. The van der Waals surface area contributed by atoms with Gasteiger partial charge in [-0.3, -0.25) is 4.90 Å². The van der Waals surface area contributed by atoms with Crippen molar-refractivity contribution in [2.45, 2.75) is 44.2 Å². The van der Waals surface area contributed by atoms with Crippen molar-refractivity contribution in [3.05, 3.63) is 35.9 Å². The molecule has 0 radical (unpaired) electrons. The van der Waals surface area contributed by atoms with Crippen molar-refractivity contribution < 1.29 is 0 Å². The summed E-state index contributed by atoms with van der Waals surface area (Å²) in [6.07, 6.45) is 6.60. The molecule has 3 heteroatoms. The fourth-order valence-electron chi connectivity index (χ4n) is 3.38. The molecule has 0 spiro atoms. The van der Waals surface area contributed by atoms with Crippen molar-refractivity contribution in [3.8, 4) is 0 Å². The molecule has 1 aliphatic carbocycles. The van der Waals surface area contributed by atoms with Crippen LogP contribution in [-0.4, -0.2) is 36.6 Å². The van der Waals surface area contributed by atoms with Gasteiger partial charge in [0.05, 0.1) is 0 Å². The minimum absolute atomic E-state index is 0.197. The Bertz CT molecular complexity index is 419. The van der Waals surface area contributed by atoms with Crippen molar-refractivity contribution in [1.82, 2.24) is 10.2 Å². The number of likely N-dealkylation sites (tertiary alicyclic amines) is 1. The molecular formula is C18H29N3. The second-order valence-corrected chi connectivity index (χ2v) is 6.91. The summed E-state index contributed by atoms with van der Waals surface area (Å²) in [5.41, 5.74) is 7.70. The predicted molar refractivity (Wildman–Crippen MR) is 88.1 cm³/mol. The van der Waals surface area contributed by atoms with Crippen LogP contribution in [0.15, 0.2) is 30.3 Å². The average Bonchev–Trinajstić information content (AvgIpc) is 3.35. The van der Waals surface area contributed by atoms with Crippen LogP contribution in [0.4, 0.5) is 0 Å². The maximum Gasteiger partial charge on any atom is 0.0328 e. The van der Waals surface area contributed by atoms with E-state index < -0.39 is 0 Å². The summed E-state index contributed by atoms with van der Waals surface area (Å²) in [6.45, 7) is 5.31. The molecule has 1 aromatic rings. The molecule has 1 heterocycles. The molecule has 116 valence electrons. The Balaban J connectivity index is 1.45. The number of nitrogens with two attached hydrogens (primary N) is 1. The number of nitrogens with one attached hydrogen (secondary N) is 1. The van der Waals surface area contributed by atoms with Gasteiger partial charge in [0.1, 0.15) is 0 Å². The van der Waals surface area contributed by atoms with Crippen LogP contribution in [0.2, 0.25) is 0 Å². The summed E-state index contributed by atoms with van der Waals surface area (Å²) in [5.74, 6) is 1.01. The standard InChI is InChI=1S/C18H29N3/c19-15-18(20-11-8-16-6-7-16)9-12-21(13-10-18)14-17-4-2-1-3-5-17/h1-5,16,20H,6-15,19H2. The van der Waals surface area contributed by atoms with Crippen molar-refractivity contribution in [3.63, 3.8) is 0 Å².